The molecule has 0 bridgehead atoms. The molecule has 0 atom stereocenters. The molecule has 2 aromatic heterocycles. The zero-order chi connectivity index (χ0) is 13.4. The molecule has 1 N–H and O–H groups in total. The summed E-state index contributed by atoms with van der Waals surface area (Å²) in [6.45, 7) is 0. The van der Waals surface area contributed by atoms with E-state index in [0.29, 0.717) is 4.96 Å². The van der Waals surface area contributed by atoms with Crippen LogP contribution in [0.15, 0.2) is 36.0 Å². The van der Waals surface area contributed by atoms with Crippen molar-refractivity contribution in [1.82, 2.24) is 9.38 Å². The van der Waals surface area contributed by atoms with Gasteiger partial charge in [-0.1, -0.05) is 0 Å². The molecule has 1 aromatic carbocycles. The van der Waals surface area contributed by atoms with Gasteiger partial charge in [0.1, 0.15) is 5.69 Å². The predicted octanol–water partition coefficient (Wildman–Crippen LogP) is 2.93. The number of carbonyl (C=O) groups is 1. The normalized spacial score (nSPS) is 10.8. The van der Waals surface area contributed by atoms with E-state index in [1.165, 1.54) is 17.4 Å². The maximum absolute atomic E-state index is 13.0. The number of hydrogen-bond donors (Lipinski definition) is 1. The van der Waals surface area contributed by atoms with Gasteiger partial charge in [0, 0.05) is 29.5 Å². The molecule has 0 radical (unpaired) electrons. The Bertz CT molecular complexity index is 737. The van der Waals surface area contributed by atoms with E-state index in [-0.39, 0.29) is 11.4 Å². The van der Waals surface area contributed by atoms with Crippen molar-refractivity contribution in [3.8, 4) is 0 Å². The van der Waals surface area contributed by atoms with Gasteiger partial charge in [-0.25, -0.2) is 13.8 Å². The average Bonchev–Trinajstić information content (AvgIpc) is 2.94. The van der Waals surface area contributed by atoms with Gasteiger partial charge in [-0.15, -0.1) is 11.3 Å². The fourth-order valence-electron chi connectivity index (χ4n) is 1.61. The highest BCUT2D eigenvalue weighted by Crippen LogP contribution is 2.15. The minimum atomic E-state index is -1.01. The van der Waals surface area contributed by atoms with E-state index >= 15 is 0 Å². The number of aromatic nitrogens is 2. The fourth-order valence-corrected chi connectivity index (χ4v) is 2.31. The summed E-state index contributed by atoms with van der Waals surface area (Å²) in [5.74, 6) is -2.44. The molecule has 0 spiro atoms. The van der Waals surface area contributed by atoms with E-state index in [1.54, 1.807) is 16.8 Å². The van der Waals surface area contributed by atoms with Gasteiger partial charge < -0.3 is 5.32 Å². The van der Waals surface area contributed by atoms with Crippen molar-refractivity contribution >= 4 is 27.9 Å². The zero-order valence-corrected chi connectivity index (χ0v) is 10.2. The van der Waals surface area contributed by atoms with Crippen LogP contribution in [0.25, 0.3) is 4.96 Å². The topological polar surface area (TPSA) is 46.4 Å². The summed E-state index contributed by atoms with van der Waals surface area (Å²) in [5.41, 5.74) is 0.400. The lowest BCUT2D eigenvalue weighted by Crippen LogP contribution is -2.12. The molecule has 96 valence electrons. The fraction of sp³-hybridized carbons (Fsp3) is 0. The molecule has 7 heteroatoms. The van der Waals surface area contributed by atoms with Gasteiger partial charge >= 0.3 is 0 Å². The monoisotopic (exact) mass is 279 g/mol. The minimum absolute atomic E-state index is 0.181. The van der Waals surface area contributed by atoms with E-state index < -0.39 is 17.5 Å². The highest BCUT2D eigenvalue weighted by molar-refractivity contribution is 7.15. The Balaban J connectivity index is 1.84. The maximum atomic E-state index is 13.0. The van der Waals surface area contributed by atoms with E-state index in [0.717, 1.165) is 12.1 Å². The zero-order valence-electron chi connectivity index (χ0n) is 9.43. The summed E-state index contributed by atoms with van der Waals surface area (Å²) in [6.07, 6.45) is 3.35. The summed E-state index contributed by atoms with van der Waals surface area (Å²) in [5, 5.41) is 4.31. The second-order valence-corrected chi connectivity index (χ2v) is 4.68. The largest absolute Gasteiger partial charge is 0.320 e. The number of benzene rings is 1. The lowest BCUT2D eigenvalue weighted by molar-refractivity contribution is 0.102. The summed E-state index contributed by atoms with van der Waals surface area (Å²) < 4.78 is 27.5. The molecule has 4 nitrogen and oxygen atoms in total. The Morgan fingerprint density at radius 1 is 1.32 bits per heavy atom. The van der Waals surface area contributed by atoms with Crippen LogP contribution >= 0.6 is 11.3 Å². The molecule has 3 rings (SSSR count). The molecule has 19 heavy (non-hydrogen) atoms. The Hall–Kier alpha value is -2.28. The van der Waals surface area contributed by atoms with Crippen LogP contribution in [-0.2, 0) is 0 Å². The molecule has 0 aliphatic rings. The van der Waals surface area contributed by atoms with E-state index in [4.69, 9.17) is 0 Å². The van der Waals surface area contributed by atoms with Crippen molar-refractivity contribution in [2.45, 2.75) is 0 Å². The Kier molecular flexibility index (Phi) is 2.75. The highest BCUT2D eigenvalue weighted by Gasteiger charge is 2.12. The van der Waals surface area contributed by atoms with Crippen LogP contribution in [0.1, 0.15) is 10.5 Å². The van der Waals surface area contributed by atoms with Gasteiger partial charge in [0.2, 0.25) is 0 Å². The van der Waals surface area contributed by atoms with Crippen LogP contribution in [0.4, 0.5) is 14.5 Å². The minimum Gasteiger partial charge on any atom is -0.320 e. The molecule has 3 aromatic rings. The molecule has 0 fully saturated rings. The van der Waals surface area contributed by atoms with Gasteiger partial charge in [-0.3, -0.25) is 9.20 Å². The Morgan fingerprint density at radius 2 is 2.16 bits per heavy atom. The lowest BCUT2D eigenvalue weighted by atomic mass is 10.3. The van der Waals surface area contributed by atoms with Gasteiger partial charge in [0.05, 0.1) is 0 Å². The number of hydrogen-bond acceptors (Lipinski definition) is 3. The number of nitrogens with one attached hydrogen (secondary N) is 1. The lowest BCUT2D eigenvalue weighted by Gasteiger charge is -2.03. The smallest absolute Gasteiger partial charge is 0.275 e. The number of carbonyl (C=O) groups excluding carboxylic acids is 1. The number of imidazole rings is 1. The van der Waals surface area contributed by atoms with Crippen LogP contribution < -0.4 is 5.32 Å². The number of nitrogens with zero attached hydrogens (tertiary/aromatic N) is 2. The maximum Gasteiger partial charge on any atom is 0.275 e. The summed E-state index contributed by atoms with van der Waals surface area (Å²) in [7, 11) is 0. The molecule has 2 heterocycles. The van der Waals surface area contributed by atoms with Crippen molar-refractivity contribution in [2.24, 2.45) is 0 Å². The van der Waals surface area contributed by atoms with Crippen LogP contribution in [0, 0.1) is 11.6 Å². The third-order valence-corrected chi connectivity index (χ3v) is 3.27. The molecule has 0 saturated heterocycles. The van der Waals surface area contributed by atoms with Crippen molar-refractivity contribution in [3.05, 3.63) is 53.3 Å². The molecule has 0 saturated carbocycles. The van der Waals surface area contributed by atoms with Crippen molar-refractivity contribution < 1.29 is 13.6 Å². The Labute approximate surface area is 110 Å². The first-order chi connectivity index (χ1) is 9.13. The third-order valence-electron chi connectivity index (χ3n) is 2.50. The highest BCUT2D eigenvalue weighted by atomic mass is 32.1. The first-order valence-electron chi connectivity index (χ1n) is 5.32. The molecular formula is C12H7F2N3OS. The molecular weight excluding hydrogens is 272 g/mol. The van der Waals surface area contributed by atoms with Crippen molar-refractivity contribution in [3.63, 3.8) is 0 Å². The van der Waals surface area contributed by atoms with E-state index in [1.807, 2.05) is 5.38 Å². The summed E-state index contributed by atoms with van der Waals surface area (Å²) in [4.78, 5) is 16.7. The molecule has 1 amide bonds. The number of anilines is 1. The number of rotatable bonds is 2. The first-order valence-corrected chi connectivity index (χ1v) is 6.20. The molecule has 0 unspecified atom stereocenters. The SMILES string of the molecule is O=C(Nc1ccc(F)c(F)c1)c1cn2ccsc2n1. The van der Waals surface area contributed by atoms with E-state index in [9.17, 15) is 13.6 Å². The van der Waals surface area contributed by atoms with Gasteiger partial charge in [-0.2, -0.15) is 0 Å². The second kappa shape index (κ2) is 4.43. The predicted molar refractivity (Wildman–Crippen MR) is 67.4 cm³/mol. The summed E-state index contributed by atoms with van der Waals surface area (Å²) in [6, 6.07) is 3.16. The number of halogens is 2. The van der Waals surface area contributed by atoms with Gasteiger partial charge in [0.15, 0.2) is 16.6 Å². The van der Waals surface area contributed by atoms with E-state index in [2.05, 4.69) is 10.3 Å². The van der Waals surface area contributed by atoms with Crippen LogP contribution in [0.5, 0.6) is 0 Å². The van der Waals surface area contributed by atoms with Crippen molar-refractivity contribution in [2.75, 3.05) is 5.32 Å². The van der Waals surface area contributed by atoms with Gasteiger partial charge in [-0.05, 0) is 12.1 Å². The Morgan fingerprint density at radius 3 is 2.89 bits per heavy atom. The standard InChI is InChI=1S/C12H7F2N3OS/c13-8-2-1-7(5-9(8)14)15-11(18)10-6-17-3-4-19-12(17)16-10/h1-6H,(H,15,18). The molecule has 0 aliphatic heterocycles. The first kappa shape index (κ1) is 11.8. The number of amides is 1. The second-order valence-electron chi connectivity index (χ2n) is 3.80. The van der Waals surface area contributed by atoms with Crippen molar-refractivity contribution in [1.29, 1.82) is 0 Å². The molecule has 0 aliphatic carbocycles. The number of thiazole rings is 1. The summed E-state index contributed by atoms with van der Waals surface area (Å²) >= 11 is 1.40. The number of fused-ring (bicyclic) bond motifs is 1. The van der Waals surface area contributed by atoms with Crippen LogP contribution in [0.2, 0.25) is 0 Å². The van der Waals surface area contributed by atoms with Crippen LogP contribution in [-0.4, -0.2) is 15.3 Å². The quantitative estimate of drug-likeness (QED) is 0.784. The van der Waals surface area contributed by atoms with Crippen LogP contribution in [0.3, 0.4) is 0 Å². The average molecular weight is 279 g/mol. The van der Waals surface area contributed by atoms with Gasteiger partial charge in [0.25, 0.3) is 5.91 Å². The third kappa shape index (κ3) is 2.19.